The van der Waals surface area contributed by atoms with E-state index in [4.69, 9.17) is 16.3 Å². The Hall–Kier alpha value is -3.78. The SMILES string of the molecule is CN1CC[C@@H](OC(=O)C2CCN(CC(=O)Nc3cc(Nc4cc(-c5cc(Cl)ccc5F)nnc4CO)ncn3)CC2)C1. The highest BCUT2D eigenvalue weighted by molar-refractivity contribution is 6.30. The molecule has 0 saturated carbocycles. The number of rotatable bonds is 9. The molecule has 12 nitrogen and oxygen atoms in total. The van der Waals surface area contributed by atoms with E-state index < -0.39 is 12.4 Å². The van der Waals surface area contributed by atoms with Crippen molar-refractivity contribution in [3.63, 3.8) is 0 Å². The van der Waals surface area contributed by atoms with E-state index in [-0.39, 0.29) is 53.2 Å². The van der Waals surface area contributed by atoms with Crippen molar-refractivity contribution in [3.8, 4) is 11.3 Å². The number of halogens is 2. The molecule has 42 heavy (non-hydrogen) atoms. The fourth-order valence-corrected chi connectivity index (χ4v) is 5.24. The van der Waals surface area contributed by atoms with Gasteiger partial charge in [-0.3, -0.25) is 14.5 Å². The molecule has 1 amide bonds. The summed E-state index contributed by atoms with van der Waals surface area (Å²) in [5, 5.41) is 23.9. The van der Waals surface area contributed by atoms with Crippen LogP contribution in [0, 0.1) is 11.7 Å². The van der Waals surface area contributed by atoms with E-state index in [2.05, 4.69) is 35.7 Å². The van der Waals surface area contributed by atoms with Crippen molar-refractivity contribution < 1.29 is 23.8 Å². The van der Waals surface area contributed by atoms with Crippen LogP contribution < -0.4 is 10.6 Å². The number of nitrogens with one attached hydrogen (secondary N) is 2. The van der Waals surface area contributed by atoms with Crippen molar-refractivity contribution in [2.45, 2.75) is 32.0 Å². The highest BCUT2D eigenvalue weighted by atomic mass is 35.5. The zero-order valence-electron chi connectivity index (χ0n) is 23.1. The molecule has 2 saturated heterocycles. The van der Waals surface area contributed by atoms with E-state index >= 15 is 0 Å². The van der Waals surface area contributed by atoms with E-state index in [1.54, 1.807) is 0 Å². The van der Waals surface area contributed by atoms with Crippen molar-refractivity contribution >= 4 is 40.8 Å². The minimum atomic E-state index is -0.523. The summed E-state index contributed by atoms with van der Waals surface area (Å²) >= 11 is 6.02. The number of benzene rings is 1. The Morgan fingerprint density at radius 2 is 1.88 bits per heavy atom. The number of amides is 1. The number of hydrogen-bond donors (Lipinski definition) is 3. The maximum Gasteiger partial charge on any atom is 0.309 e. The van der Waals surface area contributed by atoms with Crippen LogP contribution in [-0.4, -0.2) is 92.8 Å². The fourth-order valence-electron chi connectivity index (χ4n) is 5.06. The van der Waals surface area contributed by atoms with Gasteiger partial charge in [0.05, 0.1) is 30.5 Å². The number of hydrogen-bond acceptors (Lipinski definition) is 11. The average Bonchev–Trinajstić information content (AvgIpc) is 3.39. The van der Waals surface area contributed by atoms with Gasteiger partial charge >= 0.3 is 5.97 Å². The van der Waals surface area contributed by atoms with Gasteiger partial charge in [-0.25, -0.2) is 14.4 Å². The Morgan fingerprint density at radius 1 is 1.10 bits per heavy atom. The van der Waals surface area contributed by atoms with Gasteiger partial charge in [-0.15, -0.1) is 5.10 Å². The molecular weight excluding hydrogens is 567 g/mol. The van der Waals surface area contributed by atoms with Crippen LogP contribution in [0.3, 0.4) is 0 Å². The highest BCUT2D eigenvalue weighted by Crippen LogP contribution is 2.28. The van der Waals surface area contributed by atoms with E-state index in [0.717, 1.165) is 19.5 Å². The van der Waals surface area contributed by atoms with Crippen molar-refractivity contribution in [1.82, 2.24) is 30.0 Å². The number of aromatic nitrogens is 4. The minimum absolute atomic E-state index is 0.0309. The number of likely N-dealkylation sites (tertiary alicyclic amines) is 2. The maximum atomic E-state index is 14.4. The maximum absolute atomic E-state index is 14.4. The van der Waals surface area contributed by atoms with Crippen LogP contribution >= 0.6 is 11.6 Å². The topological polar surface area (TPSA) is 146 Å². The Balaban J connectivity index is 1.16. The first-order valence-electron chi connectivity index (χ1n) is 13.7. The summed E-state index contributed by atoms with van der Waals surface area (Å²) < 4.78 is 20.1. The number of nitrogens with zero attached hydrogens (tertiary/aromatic N) is 6. The molecule has 0 bridgehead atoms. The third kappa shape index (κ3) is 7.53. The first kappa shape index (κ1) is 29.7. The molecule has 3 aromatic rings. The predicted octanol–water partition coefficient (Wildman–Crippen LogP) is 2.86. The van der Waals surface area contributed by atoms with Gasteiger partial charge in [-0.1, -0.05) is 11.6 Å². The molecule has 0 unspecified atom stereocenters. The lowest BCUT2D eigenvalue weighted by Crippen LogP contribution is -2.41. The number of carbonyl (C=O) groups excluding carboxylic acids is 2. The van der Waals surface area contributed by atoms with Gasteiger partial charge in [0.15, 0.2) is 0 Å². The Morgan fingerprint density at radius 3 is 2.62 bits per heavy atom. The average molecular weight is 599 g/mol. The number of aliphatic hydroxyl groups is 1. The van der Waals surface area contributed by atoms with Crippen molar-refractivity contribution in [1.29, 1.82) is 0 Å². The third-order valence-corrected chi connectivity index (χ3v) is 7.58. The van der Waals surface area contributed by atoms with Crippen molar-refractivity contribution in [3.05, 3.63) is 53.2 Å². The summed E-state index contributed by atoms with van der Waals surface area (Å²) in [6.45, 7) is 2.67. The molecule has 2 aliphatic rings. The molecule has 0 spiro atoms. The number of esters is 1. The van der Waals surface area contributed by atoms with E-state index in [9.17, 15) is 19.1 Å². The van der Waals surface area contributed by atoms with Gasteiger partial charge < -0.3 is 25.4 Å². The number of anilines is 3. The molecule has 0 radical (unpaired) electrons. The molecule has 5 rings (SSSR count). The summed E-state index contributed by atoms with van der Waals surface area (Å²) in [6, 6.07) is 7.16. The van der Waals surface area contributed by atoms with Gasteiger partial charge in [0, 0.05) is 29.7 Å². The predicted molar refractivity (Wildman–Crippen MR) is 153 cm³/mol. The Kier molecular flexibility index (Phi) is 9.52. The molecule has 222 valence electrons. The molecular formula is C28H32ClFN8O4. The Bertz CT molecular complexity index is 1440. The number of ether oxygens (including phenoxy) is 1. The summed E-state index contributed by atoms with van der Waals surface area (Å²) in [5.74, 6) is -0.480. The van der Waals surface area contributed by atoms with Gasteiger partial charge in [0.25, 0.3) is 0 Å². The first-order valence-corrected chi connectivity index (χ1v) is 14.1. The van der Waals surface area contributed by atoms with Crippen LogP contribution in [0.25, 0.3) is 11.3 Å². The van der Waals surface area contributed by atoms with Crippen LogP contribution in [0.5, 0.6) is 0 Å². The van der Waals surface area contributed by atoms with E-state index in [0.29, 0.717) is 42.5 Å². The first-order chi connectivity index (χ1) is 20.3. The zero-order chi connectivity index (χ0) is 29.6. The van der Waals surface area contributed by atoms with Gasteiger partial charge in [0.1, 0.15) is 35.6 Å². The van der Waals surface area contributed by atoms with Crippen LogP contribution in [-0.2, 0) is 20.9 Å². The molecule has 2 fully saturated rings. The minimum Gasteiger partial charge on any atom is -0.461 e. The number of piperidine rings is 1. The second kappa shape index (κ2) is 13.5. The molecule has 2 aromatic heterocycles. The third-order valence-electron chi connectivity index (χ3n) is 7.34. The van der Waals surface area contributed by atoms with Crippen LogP contribution in [0.2, 0.25) is 5.02 Å². The quantitative estimate of drug-likeness (QED) is 0.313. The largest absolute Gasteiger partial charge is 0.461 e. The van der Waals surface area contributed by atoms with Crippen LogP contribution in [0.1, 0.15) is 25.0 Å². The lowest BCUT2D eigenvalue weighted by molar-refractivity contribution is -0.155. The molecule has 14 heteroatoms. The van der Waals surface area contributed by atoms with Gasteiger partial charge in [-0.05, 0) is 63.7 Å². The lowest BCUT2D eigenvalue weighted by atomic mass is 9.97. The van der Waals surface area contributed by atoms with E-state index in [1.807, 2.05) is 11.9 Å². The number of carbonyl (C=O) groups is 2. The summed E-state index contributed by atoms with van der Waals surface area (Å²) in [7, 11) is 2.02. The molecule has 1 atom stereocenters. The summed E-state index contributed by atoms with van der Waals surface area (Å²) in [6.07, 6.45) is 3.40. The monoisotopic (exact) mass is 598 g/mol. The summed E-state index contributed by atoms with van der Waals surface area (Å²) in [4.78, 5) is 37.8. The van der Waals surface area contributed by atoms with Crippen molar-refractivity contribution in [2.24, 2.45) is 5.92 Å². The second-order valence-electron chi connectivity index (χ2n) is 10.5. The standard InChI is InChI=1S/C28H32ClFN8O4/c1-37-7-6-19(13-37)42-28(41)17-4-8-38(9-5-17)14-27(40)34-26-12-25(31-16-32-26)33-23-11-22(35-36-24(23)15-39)20-10-18(29)2-3-21(20)30/h2-3,10-12,16-17,19,39H,4-9,13-15H2,1H3,(H2,31,32,33,34,35,40)/t19-/m1/s1. The molecule has 4 heterocycles. The van der Waals surface area contributed by atoms with Crippen LogP contribution in [0.15, 0.2) is 36.7 Å². The van der Waals surface area contributed by atoms with Crippen molar-refractivity contribution in [2.75, 3.05) is 50.4 Å². The van der Waals surface area contributed by atoms with Gasteiger partial charge in [0.2, 0.25) is 5.91 Å². The van der Waals surface area contributed by atoms with Gasteiger partial charge in [-0.2, -0.15) is 5.10 Å². The molecule has 0 aliphatic carbocycles. The van der Waals surface area contributed by atoms with Crippen LogP contribution in [0.4, 0.5) is 21.7 Å². The second-order valence-corrected chi connectivity index (χ2v) is 10.9. The molecule has 1 aromatic carbocycles. The lowest BCUT2D eigenvalue weighted by Gasteiger charge is -2.30. The summed E-state index contributed by atoms with van der Waals surface area (Å²) in [5.41, 5.74) is 0.925. The van der Waals surface area contributed by atoms with E-state index in [1.165, 1.54) is 36.7 Å². The number of likely N-dealkylation sites (N-methyl/N-ethyl adjacent to an activating group) is 1. The Labute approximate surface area is 247 Å². The highest BCUT2D eigenvalue weighted by Gasteiger charge is 2.30. The molecule has 3 N–H and O–H groups in total. The number of aliphatic hydroxyl groups excluding tert-OH is 1. The smallest absolute Gasteiger partial charge is 0.309 e. The fraction of sp³-hybridized carbons (Fsp3) is 0.429. The zero-order valence-corrected chi connectivity index (χ0v) is 23.8. The normalized spacial score (nSPS) is 18.1. The molecule has 2 aliphatic heterocycles.